The molecular formula is C23H36N4O2. The van der Waals surface area contributed by atoms with Crippen molar-refractivity contribution in [3.05, 3.63) is 23.8 Å². The molecule has 0 unspecified atom stereocenters. The largest absolute Gasteiger partial charge is 0.371 e. The molecule has 3 rings (SSSR count). The van der Waals surface area contributed by atoms with E-state index in [0.717, 1.165) is 44.5 Å². The number of nitrogens with zero attached hydrogens (tertiary/aromatic N) is 2. The van der Waals surface area contributed by atoms with Crippen molar-refractivity contribution in [1.82, 2.24) is 10.2 Å². The second kappa shape index (κ2) is 10.5. The van der Waals surface area contributed by atoms with Crippen LogP contribution in [0.2, 0.25) is 0 Å². The van der Waals surface area contributed by atoms with Crippen molar-refractivity contribution < 1.29 is 9.59 Å². The number of carbonyl (C=O) groups is 2. The Balaban J connectivity index is 1.78. The first kappa shape index (κ1) is 21.5. The number of urea groups is 1. The molecule has 1 aromatic carbocycles. The highest BCUT2D eigenvalue weighted by atomic mass is 16.2. The Morgan fingerprint density at radius 3 is 2.31 bits per heavy atom. The maximum atomic E-state index is 13.2. The van der Waals surface area contributed by atoms with Crippen LogP contribution in [-0.2, 0) is 0 Å². The van der Waals surface area contributed by atoms with Gasteiger partial charge in [0.2, 0.25) is 0 Å². The van der Waals surface area contributed by atoms with E-state index in [9.17, 15) is 9.59 Å². The van der Waals surface area contributed by atoms with Gasteiger partial charge in [0, 0.05) is 43.6 Å². The molecule has 1 saturated carbocycles. The average Bonchev–Trinajstić information content (AvgIpc) is 2.75. The Bertz CT molecular complexity index is 690. The summed E-state index contributed by atoms with van der Waals surface area (Å²) in [5, 5.41) is 6.03. The Hall–Kier alpha value is -2.24. The van der Waals surface area contributed by atoms with Crippen LogP contribution in [0.25, 0.3) is 0 Å². The molecule has 0 bridgehead atoms. The maximum Gasteiger partial charge on any atom is 0.319 e. The van der Waals surface area contributed by atoms with Gasteiger partial charge in [-0.25, -0.2) is 4.79 Å². The van der Waals surface area contributed by atoms with Crippen molar-refractivity contribution in [2.45, 2.75) is 71.3 Å². The normalized spacial score (nSPS) is 17.7. The summed E-state index contributed by atoms with van der Waals surface area (Å²) in [5.41, 5.74) is 2.35. The highest BCUT2D eigenvalue weighted by molar-refractivity contribution is 6.02. The minimum Gasteiger partial charge on any atom is -0.371 e. The first-order valence-electron chi connectivity index (χ1n) is 11.4. The summed E-state index contributed by atoms with van der Waals surface area (Å²) < 4.78 is 0. The topological polar surface area (TPSA) is 64.7 Å². The van der Waals surface area contributed by atoms with Gasteiger partial charge in [0.15, 0.2) is 0 Å². The Morgan fingerprint density at radius 1 is 1.00 bits per heavy atom. The molecule has 3 amide bonds. The molecule has 160 valence electrons. The predicted molar refractivity (Wildman–Crippen MR) is 119 cm³/mol. The van der Waals surface area contributed by atoms with E-state index in [1.54, 1.807) is 0 Å². The van der Waals surface area contributed by atoms with Gasteiger partial charge in [-0.15, -0.1) is 0 Å². The Morgan fingerprint density at radius 2 is 1.66 bits per heavy atom. The number of hydrogen-bond acceptors (Lipinski definition) is 3. The number of carbonyl (C=O) groups excluding carboxylic acids is 2. The number of rotatable bonds is 6. The molecular weight excluding hydrogens is 364 g/mol. The molecule has 6 heteroatoms. The lowest BCUT2D eigenvalue weighted by molar-refractivity contribution is 0.0773. The van der Waals surface area contributed by atoms with Crippen molar-refractivity contribution in [3.63, 3.8) is 0 Å². The first-order valence-corrected chi connectivity index (χ1v) is 11.4. The maximum absolute atomic E-state index is 13.2. The third-order valence-corrected chi connectivity index (χ3v) is 6.17. The molecule has 6 nitrogen and oxygen atoms in total. The van der Waals surface area contributed by atoms with Crippen molar-refractivity contribution in [1.29, 1.82) is 0 Å². The third-order valence-electron chi connectivity index (χ3n) is 6.17. The van der Waals surface area contributed by atoms with Gasteiger partial charge in [-0.1, -0.05) is 19.3 Å². The van der Waals surface area contributed by atoms with E-state index >= 15 is 0 Å². The lowest BCUT2D eigenvalue weighted by Crippen LogP contribution is -2.39. The third kappa shape index (κ3) is 5.64. The smallest absolute Gasteiger partial charge is 0.319 e. The van der Waals surface area contributed by atoms with Crippen molar-refractivity contribution >= 4 is 23.3 Å². The number of anilines is 2. The lowest BCUT2D eigenvalue weighted by atomic mass is 9.96. The summed E-state index contributed by atoms with van der Waals surface area (Å²) in [5.74, 6) is 0.0342. The molecule has 2 N–H and O–H groups in total. The standard InChI is InChI=1S/C23H36N4O2/c1-3-26(4-2)22(28)20-17-19(13-14-21(20)27-15-9-6-10-16-27)25-23(29)24-18-11-7-5-8-12-18/h13-14,17-18H,3-12,15-16H2,1-2H3,(H2,24,25,29). The minimum atomic E-state index is -0.177. The predicted octanol–water partition coefficient (Wildman–Crippen LogP) is 4.61. The van der Waals surface area contributed by atoms with E-state index in [1.165, 1.54) is 25.7 Å². The number of amides is 3. The molecule has 2 fully saturated rings. The summed E-state index contributed by atoms with van der Waals surface area (Å²) >= 11 is 0. The van der Waals surface area contributed by atoms with Crippen LogP contribution in [0, 0.1) is 0 Å². The average molecular weight is 401 g/mol. The molecule has 1 saturated heterocycles. The van der Waals surface area contributed by atoms with E-state index in [1.807, 2.05) is 36.9 Å². The van der Waals surface area contributed by atoms with Crippen LogP contribution in [0.15, 0.2) is 18.2 Å². The first-order chi connectivity index (χ1) is 14.1. The highest BCUT2D eigenvalue weighted by Gasteiger charge is 2.23. The molecule has 1 heterocycles. The lowest BCUT2D eigenvalue weighted by Gasteiger charge is -2.31. The zero-order chi connectivity index (χ0) is 20.6. The fourth-order valence-corrected chi connectivity index (χ4v) is 4.48. The van der Waals surface area contributed by atoms with E-state index in [0.29, 0.717) is 24.3 Å². The number of benzene rings is 1. The van der Waals surface area contributed by atoms with Crippen molar-refractivity contribution in [2.24, 2.45) is 0 Å². The summed E-state index contributed by atoms with van der Waals surface area (Å²) in [7, 11) is 0. The molecule has 2 aliphatic rings. The zero-order valence-corrected chi connectivity index (χ0v) is 18.0. The second-order valence-corrected chi connectivity index (χ2v) is 8.19. The van der Waals surface area contributed by atoms with Gasteiger partial charge in [0.25, 0.3) is 5.91 Å². The van der Waals surface area contributed by atoms with Crippen LogP contribution < -0.4 is 15.5 Å². The zero-order valence-electron chi connectivity index (χ0n) is 18.0. The number of piperidine rings is 1. The summed E-state index contributed by atoms with van der Waals surface area (Å²) in [6.07, 6.45) is 9.27. The van der Waals surface area contributed by atoms with Crippen LogP contribution >= 0.6 is 0 Å². The summed E-state index contributed by atoms with van der Waals surface area (Å²) in [6.45, 7) is 7.31. The summed E-state index contributed by atoms with van der Waals surface area (Å²) in [4.78, 5) is 29.8. The molecule has 0 radical (unpaired) electrons. The molecule has 0 spiro atoms. The molecule has 1 aromatic rings. The van der Waals surface area contributed by atoms with Crippen molar-refractivity contribution in [3.8, 4) is 0 Å². The molecule has 29 heavy (non-hydrogen) atoms. The second-order valence-electron chi connectivity index (χ2n) is 8.19. The van der Waals surface area contributed by atoms with Gasteiger partial charge < -0.3 is 20.4 Å². The monoisotopic (exact) mass is 400 g/mol. The molecule has 1 aliphatic carbocycles. The van der Waals surface area contributed by atoms with Crippen LogP contribution in [0.5, 0.6) is 0 Å². The Labute approximate surface area is 175 Å². The fourth-order valence-electron chi connectivity index (χ4n) is 4.48. The van der Waals surface area contributed by atoms with E-state index in [2.05, 4.69) is 15.5 Å². The van der Waals surface area contributed by atoms with Crippen LogP contribution in [0.1, 0.15) is 75.6 Å². The molecule has 0 aromatic heterocycles. The SMILES string of the molecule is CCN(CC)C(=O)c1cc(NC(=O)NC2CCCCC2)ccc1N1CCCCC1. The van der Waals surface area contributed by atoms with Gasteiger partial charge >= 0.3 is 6.03 Å². The van der Waals surface area contributed by atoms with Gasteiger partial charge in [0.05, 0.1) is 5.56 Å². The van der Waals surface area contributed by atoms with Gasteiger partial charge in [-0.05, 0) is 64.2 Å². The van der Waals surface area contributed by atoms with E-state index in [4.69, 9.17) is 0 Å². The highest BCUT2D eigenvalue weighted by Crippen LogP contribution is 2.28. The van der Waals surface area contributed by atoms with Gasteiger partial charge in [-0.3, -0.25) is 4.79 Å². The minimum absolute atomic E-state index is 0.0342. The van der Waals surface area contributed by atoms with Crippen LogP contribution in [-0.4, -0.2) is 49.1 Å². The van der Waals surface area contributed by atoms with Crippen molar-refractivity contribution in [2.75, 3.05) is 36.4 Å². The van der Waals surface area contributed by atoms with E-state index < -0.39 is 0 Å². The van der Waals surface area contributed by atoms with Crippen LogP contribution in [0.4, 0.5) is 16.2 Å². The molecule has 1 aliphatic heterocycles. The fraction of sp³-hybridized carbons (Fsp3) is 0.652. The number of hydrogen-bond donors (Lipinski definition) is 2. The van der Waals surface area contributed by atoms with E-state index in [-0.39, 0.29) is 18.0 Å². The van der Waals surface area contributed by atoms with Crippen LogP contribution in [0.3, 0.4) is 0 Å². The Kier molecular flexibility index (Phi) is 7.78. The summed E-state index contributed by atoms with van der Waals surface area (Å²) in [6, 6.07) is 5.85. The van der Waals surface area contributed by atoms with Gasteiger partial charge in [0.1, 0.15) is 0 Å². The molecule has 0 atom stereocenters. The number of nitrogens with one attached hydrogen (secondary N) is 2. The van der Waals surface area contributed by atoms with Gasteiger partial charge in [-0.2, -0.15) is 0 Å². The quantitative estimate of drug-likeness (QED) is 0.733.